The van der Waals surface area contributed by atoms with Gasteiger partial charge in [0.15, 0.2) is 0 Å². The van der Waals surface area contributed by atoms with E-state index in [4.69, 9.17) is 17.3 Å². The monoisotopic (exact) mass is 237 g/mol. The summed E-state index contributed by atoms with van der Waals surface area (Å²) in [7, 11) is 0. The number of thiol groups is 1. The van der Waals surface area contributed by atoms with Crippen LogP contribution in [0.1, 0.15) is 0 Å². The third-order valence-corrected chi connectivity index (χ3v) is 2.65. The lowest BCUT2D eigenvalue weighted by atomic mass is 10.3. The van der Waals surface area contributed by atoms with Crippen LogP contribution in [-0.4, -0.2) is 0 Å². The highest BCUT2D eigenvalue weighted by atomic mass is 79.9. The number of halogens is 2. The van der Waals surface area contributed by atoms with Gasteiger partial charge >= 0.3 is 0 Å². The Morgan fingerprint density at radius 3 is 2.60 bits per heavy atom. The van der Waals surface area contributed by atoms with E-state index in [2.05, 4.69) is 28.6 Å². The van der Waals surface area contributed by atoms with Gasteiger partial charge in [-0.2, -0.15) is 0 Å². The summed E-state index contributed by atoms with van der Waals surface area (Å²) in [5.74, 6) is 0. The van der Waals surface area contributed by atoms with Crippen LogP contribution >= 0.6 is 40.2 Å². The minimum Gasteiger partial charge on any atom is -0.398 e. The van der Waals surface area contributed by atoms with E-state index in [0.717, 1.165) is 4.47 Å². The number of hydrogen-bond donors (Lipinski definition) is 2. The molecule has 0 saturated carbocycles. The zero-order chi connectivity index (χ0) is 7.72. The summed E-state index contributed by atoms with van der Waals surface area (Å²) in [5, 5.41) is 0.624. The SMILES string of the molecule is Nc1cc(Br)c(Cl)cc1S. The molecule has 0 aromatic heterocycles. The van der Waals surface area contributed by atoms with Crippen molar-refractivity contribution in [2.24, 2.45) is 0 Å². The highest BCUT2D eigenvalue weighted by molar-refractivity contribution is 9.10. The molecule has 2 N–H and O–H groups in total. The van der Waals surface area contributed by atoms with E-state index < -0.39 is 0 Å². The molecule has 0 fully saturated rings. The molecule has 4 heteroatoms. The summed E-state index contributed by atoms with van der Waals surface area (Å²) in [6.07, 6.45) is 0. The first kappa shape index (κ1) is 8.24. The second kappa shape index (κ2) is 3.03. The van der Waals surface area contributed by atoms with Gasteiger partial charge in [-0.15, -0.1) is 12.6 Å². The van der Waals surface area contributed by atoms with Crippen molar-refractivity contribution in [2.45, 2.75) is 4.90 Å². The Morgan fingerprint density at radius 2 is 2.10 bits per heavy atom. The molecule has 10 heavy (non-hydrogen) atoms. The second-order valence-electron chi connectivity index (χ2n) is 1.83. The summed E-state index contributed by atoms with van der Waals surface area (Å²) < 4.78 is 0.796. The highest BCUT2D eigenvalue weighted by Crippen LogP contribution is 2.29. The third-order valence-electron chi connectivity index (χ3n) is 1.07. The fourth-order valence-electron chi connectivity index (χ4n) is 0.552. The van der Waals surface area contributed by atoms with Crippen LogP contribution < -0.4 is 5.73 Å². The number of rotatable bonds is 0. The van der Waals surface area contributed by atoms with Gasteiger partial charge in [0.25, 0.3) is 0 Å². The van der Waals surface area contributed by atoms with Crippen molar-refractivity contribution in [2.75, 3.05) is 5.73 Å². The molecular formula is C6H5BrClNS. The van der Waals surface area contributed by atoms with Gasteiger partial charge in [0.2, 0.25) is 0 Å². The standard InChI is InChI=1S/C6H5BrClNS/c7-3-1-5(9)6(10)2-4(3)8/h1-2,10H,9H2. The van der Waals surface area contributed by atoms with E-state index in [1.165, 1.54) is 0 Å². The predicted molar refractivity (Wildman–Crippen MR) is 50.8 cm³/mol. The molecule has 0 atom stereocenters. The van der Waals surface area contributed by atoms with Gasteiger partial charge in [-0.05, 0) is 28.1 Å². The first-order valence-corrected chi connectivity index (χ1v) is 4.16. The Hall–Kier alpha value is 0.140. The molecule has 1 aromatic rings. The van der Waals surface area contributed by atoms with Crippen LogP contribution in [0, 0.1) is 0 Å². The maximum absolute atomic E-state index is 5.73. The largest absolute Gasteiger partial charge is 0.398 e. The molecule has 0 aliphatic carbocycles. The van der Waals surface area contributed by atoms with Gasteiger partial charge in [0.1, 0.15) is 0 Å². The molecule has 0 aliphatic rings. The average molecular weight is 239 g/mol. The zero-order valence-electron chi connectivity index (χ0n) is 4.94. The summed E-state index contributed by atoms with van der Waals surface area (Å²) in [5.41, 5.74) is 6.15. The maximum Gasteiger partial charge on any atom is 0.0560 e. The Bertz CT molecular complexity index is 214. The predicted octanol–water partition coefficient (Wildman–Crippen LogP) is 2.97. The van der Waals surface area contributed by atoms with Crippen molar-refractivity contribution < 1.29 is 0 Å². The molecule has 1 aromatic carbocycles. The van der Waals surface area contributed by atoms with Crippen LogP contribution in [0.2, 0.25) is 5.02 Å². The van der Waals surface area contributed by atoms with Crippen molar-refractivity contribution in [1.29, 1.82) is 0 Å². The first-order chi connectivity index (χ1) is 4.61. The molecule has 0 unspecified atom stereocenters. The first-order valence-electron chi connectivity index (χ1n) is 2.54. The van der Waals surface area contributed by atoms with Crippen LogP contribution in [0.15, 0.2) is 21.5 Å². The lowest BCUT2D eigenvalue weighted by Gasteiger charge is -2.00. The van der Waals surface area contributed by atoms with E-state index >= 15 is 0 Å². The fourth-order valence-corrected chi connectivity index (χ4v) is 1.35. The molecular weight excluding hydrogens is 233 g/mol. The van der Waals surface area contributed by atoms with E-state index in [1.807, 2.05) is 0 Å². The Balaban J connectivity index is 3.28. The number of nitrogens with two attached hydrogens (primary N) is 1. The van der Waals surface area contributed by atoms with Gasteiger partial charge in [0, 0.05) is 15.1 Å². The topological polar surface area (TPSA) is 26.0 Å². The van der Waals surface area contributed by atoms with Crippen molar-refractivity contribution in [3.8, 4) is 0 Å². The molecule has 0 amide bonds. The quantitative estimate of drug-likeness (QED) is 0.527. The molecule has 0 bridgehead atoms. The molecule has 0 saturated heterocycles. The van der Waals surface area contributed by atoms with Crippen LogP contribution in [0.5, 0.6) is 0 Å². The van der Waals surface area contributed by atoms with Crippen molar-refractivity contribution in [3.05, 3.63) is 21.6 Å². The summed E-state index contributed by atoms with van der Waals surface area (Å²) in [6, 6.07) is 3.43. The van der Waals surface area contributed by atoms with E-state index in [9.17, 15) is 0 Å². The Morgan fingerprint density at radius 1 is 1.50 bits per heavy atom. The average Bonchev–Trinajstić information content (AvgIpc) is 1.84. The van der Waals surface area contributed by atoms with Crippen molar-refractivity contribution in [1.82, 2.24) is 0 Å². The number of anilines is 1. The van der Waals surface area contributed by atoms with Gasteiger partial charge < -0.3 is 5.73 Å². The summed E-state index contributed by atoms with van der Waals surface area (Å²) in [6.45, 7) is 0. The number of hydrogen-bond acceptors (Lipinski definition) is 2. The third kappa shape index (κ3) is 1.59. The number of benzene rings is 1. The van der Waals surface area contributed by atoms with Crippen molar-refractivity contribution >= 4 is 45.8 Å². The van der Waals surface area contributed by atoms with Gasteiger partial charge in [0.05, 0.1) is 5.02 Å². The molecule has 0 heterocycles. The van der Waals surface area contributed by atoms with Gasteiger partial charge in [-0.3, -0.25) is 0 Å². The van der Waals surface area contributed by atoms with Crippen LogP contribution in [0.4, 0.5) is 5.69 Å². The van der Waals surface area contributed by atoms with E-state index in [0.29, 0.717) is 15.6 Å². The van der Waals surface area contributed by atoms with Crippen LogP contribution in [0.25, 0.3) is 0 Å². The molecule has 1 nitrogen and oxygen atoms in total. The molecule has 0 spiro atoms. The smallest absolute Gasteiger partial charge is 0.0560 e. The molecule has 54 valence electrons. The minimum atomic E-state index is 0.624. The van der Waals surface area contributed by atoms with E-state index in [1.54, 1.807) is 12.1 Å². The Labute approximate surface area is 78.1 Å². The normalized spacial score (nSPS) is 9.90. The Kier molecular flexibility index (Phi) is 2.50. The minimum absolute atomic E-state index is 0.624. The summed E-state index contributed by atoms with van der Waals surface area (Å²) >= 11 is 13.1. The second-order valence-corrected chi connectivity index (χ2v) is 3.57. The van der Waals surface area contributed by atoms with Crippen molar-refractivity contribution in [3.63, 3.8) is 0 Å². The maximum atomic E-state index is 5.73. The lowest BCUT2D eigenvalue weighted by Crippen LogP contribution is -1.86. The van der Waals surface area contributed by atoms with Crippen LogP contribution in [0.3, 0.4) is 0 Å². The zero-order valence-corrected chi connectivity index (χ0v) is 8.17. The molecule has 0 aliphatic heterocycles. The fraction of sp³-hybridized carbons (Fsp3) is 0. The van der Waals surface area contributed by atoms with Crippen LogP contribution in [-0.2, 0) is 0 Å². The lowest BCUT2D eigenvalue weighted by molar-refractivity contribution is 1.45. The highest BCUT2D eigenvalue weighted by Gasteiger charge is 1.99. The van der Waals surface area contributed by atoms with Gasteiger partial charge in [-0.1, -0.05) is 11.6 Å². The van der Waals surface area contributed by atoms with Gasteiger partial charge in [-0.25, -0.2) is 0 Å². The van der Waals surface area contributed by atoms with E-state index in [-0.39, 0.29) is 0 Å². The number of nitrogen functional groups attached to an aromatic ring is 1. The molecule has 1 rings (SSSR count). The summed E-state index contributed by atoms with van der Waals surface area (Å²) in [4.78, 5) is 0.702. The molecule has 0 radical (unpaired) electrons.